The second-order valence-electron chi connectivity index (χ2n) is 5.03. The maximum absolute atomic E-state index is 9.91. The molecule has 0 radical (unpaired) electrons. The van der Waals surface area contributed by atoms with E-state index in [1.165, 1.54) is 0 Å². The van der Waals surface area contributed by atoms with Crippen LogP contribution in [0.5, 0.6) is 0 Å². The molecule has 0 atom stereocenters. The maximum atomic E-state index is 9.91. The van der Waals surface area contributed by atoms with E-state index in [2.05, 4.69) is 4.98 Å². The molecule has 1 fully saturated rings. The Morgan fingerprint density at radius 3 is 2.78 bits per heavy atom. The van der Waals surface area contributed by atoms with Crippen LogP contribution in [0.15, 0.2) is 30.6 Å². The van der Waals surface area contributed by atoms with E-state index < -0.39 is 5.60 Å². The smallest absolute Gasteiger partial charge is 0.110 e. The molecule has 1 saturated carbocycles. The summed E-state index contributed by atoms with van der Waals surface area (Å²) < 4.78 is 1.96. The standard InChI is InChI=1S/C14H15ClN2O/c1-10-16-6-7-17(10)13-3-2-11(8-12(13)15)9-14(18)4-5-14/h2-3,6-8,18H,4-5,9H2,1H3. The molecule has 2 aromatic rings. The molecule has 1 heterocycles. The minimum absolute atomic E-state index is 0.476. The third-order valence-corrected chi connectivity index (χ3v) is 3.76. The zero-order valence-electron chi connectivity index (χ0n) is 10.2. The van der Waals surface area contributed by atoms with Crippen LogP contribution in [-0.2, 0) is 6.42 Å². The van der Waals surface area contributed by atoms with Crippen molar-refractivity contribution in [1.29, 1.82) is 0 Å². The Hall–Kier alpha value is -1.32. The van der Waals surface area contributed by atoms with Crippen LogP contribution in [0.1, 0.15) is 24.2 Å². The number of aliphatic hydroxyl groups is 1. The van der Waals surface area contributed by atoms with Crippen molar-refractivity contribution < 1.29 is 5.11 Å². The van der Waals surface area contributed by atoms with Crippen molar-refractivity contribution in [3.63, 3.8) is 0 Å². The highest BCUT2D eigenvalue weighted by Gasteiger charge is 2.40. The molecule has 94 valence electrons. The van der Waals surface area contributed by atoms with Gasteiger partial charge in [-0.25, -0.2) is 4.98 Å². The molecule has 0 bridgehead atoms. The van der Waals surface area contributed by atoms with Crippen molar-refractivity contribution in [3.05, 3.63) is 47.0 Å². The Morgan fingerprint density at radius 2 is 2.22 bits per heavy atom. The lowest BCUT2D eigenvalue weighted by atomic mass is 10.1. The predicted octanol–water partition coefficient (Wildman–Crippen LogP) is 2.90. The molecule has 1 aliphatic rings. The average Bonchev–Trinajstić information content (AvgIpc) is 2.87. The van der Waals surface area contributed by atoms with Gasteiger partial charge in [0.1, 0.15) is 5.82 Å². The van der Waals surface area contributed by atoms with E-state index in [1.807, 2.05) is 35.9 Å². The first-order valence-electron chi connectivity index (χ1n) is 6.09. The van der Waals surface area contributed by atoms with Gasteiger partial charge in [-0.15, -0.1) is 0 Å². The first-order chi connectivity index (χ1) is 8.57. The van der Waals surface area contributed by atoms with E-state index in [-0.39, 0.29) is 0 Å². The van der Waals surface area contributed by atoms with E-state index in [4.69, 9.17) is 11.6 Å². The summed E-state index contributed by atoms with van der Waals surface area (Å²) >= 11 is 6.31. The molecule has 1 N–H and O–H groups in total. The highest BCUT2D eigenvalue weighted by atomic mass is 35.5. The van der Waals surface area contributed by atoms with Crippen LogP contribution in [0, 0.1) is 6.92 Å². The molecule has 1 aromatic heterocycles. The lowest BCUT2D eigenvalue weighted by Crippen LogP contribution is -2.10. The van der Waals surface area contributed by atoms with E-state index in [9.17, 15) is 5.11 Å². The third kappa shape index (κ3) is 2.16. The third-order valence-electron chi connectivity index (χ3n) is 3.46. The van der Waals surface area contributed by atoms with E-state index >= 15 is 0 Å². The van der Waals surface area contributed by atoms with Gasteiger partial charge in [0, 0.05) is 18.8 Å². The number of nitrogens with zero attached hydrogens (tertiary/aromatic N) is 2. The number of halogens is 1. The van der Waals surface area contributed by atoms with Gasteiger partial charge >= 0.3 is 0 Å². The Morgan fingerprint density at radius 1 is 1.44 bits per heavy atom. The van der Waals surface area contributed by atoms with E-state index in [0.29, 0.717) is 11.4 Å². The van der Waals surface area contributed by atoms with Crippen LogP contribution in [0.4, 0.5) is 0 Å². The van der Waals surface area contributed by atoms with Crippen LogP contribution in [0.3, 0.4) is 0 Å². The summed E-state index contributed by atoms with van der Waals surface area (Å²) in [5.41, 5.74) is 1.54. The summed E-state index contributed by atoms with van der Waals surface area (Å²) in [5.74, 6) is 0.908. The van der Waals surface area contributed by atoms with Crippen molar-refractivity contribution >= 4 is 11.6 Å². The van der Waals surface area contributed by atoms with Crippen molar-refractivity contribution in [3.8, 4) is 5.69 Å². The normalized spacial score (nSPS) is 16.8. The number of hydrogen-bond donors (Lipinski definition) is 1. The molecule has 0 spiro atoms. The topological polar surface area (TPSA) is 38.0 Å². The second kappa shape index (κ2) is 4.11. The van der Waals surface area contributed by atoms with Gasteiger partial charge in [-0.3, -0.25) is 0 Å². The molecule has 0 saturated heterocycles. The molecule has 4 heteroatoms. The van der Waals surface area contributed by atoms with Gasteiger partial charge in [-0.2, -0.15) is 0 Å². The van der Waals surface area contributed by atoms with Crippen molar-refractivity contribution in [2.24, 2.45) is 0 Å². The molecular formula is C14H15ClN2O. The summed E-state index contributed by atoms with van der Waals surface area (Å²) in [6.07, 6.45) is 6.13. The second-order valence-corrected chi connectivity index (χ2v) is 5.44. The minimum atomic E-state index is -0.476. The first-order valence-corrected chi connectivity index (χ1v) is 6.46. The molecule has 0 aliphatic heterocycles. The van der Waals surface area contributed by atoms with Gasteiger partial charge in [0.05, 0.1) is 16.3 Å². The molecule has 1 aliphatic carbocycles. The number of hydrogen-bond acceptors (Lipinski definition) is 2. The predicted molar refractivity (Wildman–Crippen MR) is 71.2 cm³/mol. The fourth-order valence-corrected chi connectivity index (χ4v) is 2.48. The van der Waals surface area contributed by atoms with Crippen molar-refractivity contribution in [2.75, 3.05) is 0 Å². The Balaban J connectivity index is 1.92. The van der Waals surface area contributed by atoms with Gasteiger partial charge in [0.2, 0.25) is 0 Å². The number of benzene rings is 1. The summed E-state index contributed by atoms with van der Waals surface area (Å²) in [7, 11) is 0. The van der Waals surface area contributed by atoms with Crippen LogP contribution < -0.4 is 0 Å². The molecular weight excluding hydrogens is 248 g/mol. The largest absolute Gasteiger partial charge is 0.390 e. The maximum Gasteiger partial charge on any atom is 0.110 e. The number of rotatable bonds is 3. The molecule has 18 heavy (non-hydrogen) atoms. The highest BCUT2D eigenvalue weighted by molar-refractivity contribution is 6.32. The summed E-state index contributed by atoms with van der Waals surface area (Å²) in [6, 6.07) is 5.95. The Bertz CT molecular complexity index is 587. The highest BCUT2D eigenvalue weighted by Crippen LogP contribution is 2.38. The molecule has 0 unspecified atom stereocenters. The van der Waals surface area contributed by atoms with Gasteiger partial charge in [-0.05, 0) is 37.5 Å². The fourth-order valence-electron chi connectivity index (χ4n) is 2.19. The fraction of sp³-hybridized carbons (Fsp3) is 0.357. The molecule has 1 aromatic carbocycles. The van der Waals surface area contributed by atoms with Crippen molar-refractivity contribution in [1.82, 2.24) is 9.55 Å². The zero-order valence-corrected chi connectivity index (χ0v) is 11.0. The van der Waals surface area contributed by atoms with Crippen LogP contribution in [0.2, 0.25) is 5.02 Å². The van der Waals surface area contributed by atoms with Gasteiger partial charge in [0.15, 0.2) is 0 Å². The zero-order chi connectivity index (χ0) is 12.8. The van der Waals surface area contributed by atoms with E-state index in [1.54, 1.807) is 6.20 Å². The van der Waals surface area contributed by atoms with Gasteiger partial charge in [-0.1, -0.05) is 17.7 Å². The summed E-state index contributed by atoms with van der Waals surface area (Å²) in [6.45, 7) is 1.94. The number of aromatic nitrogens is 2. The first kappa shape index (κ1) is 11.8. The van der Waals surface area contributed by atoms with Crippen LogP contribution >= 0.6 is 11.6 Å². The van der Waals surface area contributed by atoms with Crippen molar-refractivity contribution in [2.45, 2.75) is 31.8 Å². The van der Waals surface area contributed by atoms with E-state index in [0.717, 1.165) is 29.9 Å². The monoisotopic (exact) mass is 262 g/mol. The SMILES string of the molecule is Cc1nccn1-c1ccc(CC2(O)CC2)cc1Cl. The lowest BCUT2D eigenvalue weighted by molar-refractivity contribution is 0.151. The number of imidazole rings is 1. The Labute approximate surface area is 111 Å². The average molecular weight is 263 g/mol. The summed E-state index contributed by atoms with van der Waals surface area (Å²) in [5, 5.41) is 10.6. The molecule has 3 nitrogen and oxygen atoms in total. The van der Waals surface area contributed by atoms with Crippen LogP contribution in [-0.4, -0.2) is 20.3 Å². The summed E-state index contributed by atoms with van der Waals surface area (Å²) in [4.78, 5) is 4.19. The lowest BCUT2D eigenvalue weighted by Gasteiger charge is -2.11. The van der Waals surface area contributed by atoms with Gasteiger partial charge < -0.3 is 9.67 Å². The Kier molecular flexibility index (Phi) is 2.68. The molecule has 3 rings (SSSR count). The van der Waals surface area contributed by atoms with Crippen LogP contribution in [0.25, 0.3) is 5.69 Å². The number of aryl methyl sites for hydroxylation is 1. The molecule has 0 amide bonds. The quantitative estimate of drug-likeness (QED) is 0.924. The van der Waals surface area contributed by atoms with Gasteiger partial charge in [0.25, 0.3) is 0 Å². The minimum Gasteiger partial charge on any atom is -0.390 e.